The molecule has 1 aromatic carbocycles. The molecule has 5 heteroatoms. The van der Waals surface area contributed by atoms with E-state index in [1.807, 2.05) is 30.3 Å². The molecule has 1 aliphatic carbocycles. The zero-order valence-corrected chi connectivity index (χ0v) is 12.6. The first kappa shape index (κ1) is 15.0. The molecular weight excluding hydrogens is 270 g/mol. The molecule has 0 bridgehead atoms. The van der Waals surface area contributed by atoms with Crippen LogP contribution in [0.15, 0.2) is 35.3 Å². The highest BCUT2D eigenvalue weighted by molar-refractivity contribution is 7.84. The van der Waals surface area contributed by atoms with E-state index in [9.17, 15) is 4.21 Å². The predicted molar refractivity (Wildman–Crippen MR) is 85.0 cm³/mol. The van der Waals surface area contributed by atoms with Gasteiger partial charge >= 0.3 is 0 Å². The van der Waals surface area contributed by atoms with Crippen LogP contribution in [0.1, 0.15) is 24.8 Å². The van der Waals surface area contributed by atoms with Gasteiger partial charge in [-0.05, 0) is 24.3 Å². The van der Waals surface area contributed by atoms with Crippen LogP contribution in [-0.4, -0.2) is 29.0 Å². The fourth-order valence-corrected chi connectivity index (χ4v) is 3.12. The number of nitrogens with zero attached hydrogens (tertiary/aromatic N) is 1. The molecule has 0 saturated heterocycles. The lowest BCUT2D eigenvalue weighted by Crippen LogP contribution is -2.35. The molecule has 0 heterocycles. The van der Waals surface area contributed by atoms with Gasteiger partial charge in [-0.15, -0.1) is 0 Å². The van der Waals surface area contributed by atoms with Gasteiger partial charge in [0.2, 0.25) is 0 Å². The topological polar surface area (TPSA) is 67.5 Å². The molecule has 1 fully saturated rings. The molecule has 0 aliphatic heterocycles. The number of benzene rings is 1. The summed E-state index contributed by atoms with van der Waals surface area (Å²) < 4.78 is 11.9. The van der Waals surface area contributed by atoms with Crippen molar-refractivity contribution in [3.63, 3.8) is 0 Å². The SMILES string of the molecule is NC(=NCC1CCC1)NCCS(=O)Cc1ccccc1. The van der Waals surface area contributed by atoms with Crippen molar-refractivity contribution < 1.29 is 4.21 Å². The number of guanidine groups is 1. The Labute approximate surface area is 123 Å². The van der Waals surface area contributed by atoms with Crippen molar-refractivity contribution in [1.82, 2.24) is 5.32 Å². The summed E-state index contributed by atoms with van der Waals surface area (Å²) in [6.45, 7) is 1.44. The zero-order chi connectivity index (χ0) is 14.2. The van der Waals surface area contributed by atoms with Crippen molar-refractivity contribution in [1.29, 1.82) is 0 Å². The molecule has 110 valence electrons. The van der Waals surface area contributed by atoms with Gasteiger partial charge in [0.05, 0.1) is 0 Å². The van der Waals surface area contributed by atoms with E-state index in [2.05, 4.69) is 10.3 Å². The normalized spacial score (nSPS) is 17.5. The molecule has 0 aromatic heterocycles. The van der Waals surface area contributed by atoms with Crippen LogP contribution in [0.5, 0.6) is 0 Å². The van der Waals surface area contributed by atoms with Gasteiger partial charge in [0, 0.05) is 35.4 Å². The highest BCUT2D eigenvalue weighted by Gasteiger charge is 2.16. The van der Waals surface area contributed by atoms with E-state index >= 15 is 0 Å². The first-order valence-electron chi connectivity index (χ1n) is 7.17. The Hall–Kier alpha value is -1.36. The average molecular weight is 293 g/mol. The van der Waals surface area contributed by atoms with E-state index in [1.54, 1.807) is 0 Å². The summed E-state index contributed by atoms with van der Waals surface area (Å²) in [6.07, 6.45) is 3.88. The van der Waals surface area contributed by atoms with Crippen LogP contribution in [0.2, 0.25) is 0 Å². The molecule has 1 atom stereocenters. The lowest BCUT2D eigenvalue weighted by molar-refractivity contribution is 0.326. The number of hydrogen-bond donors (Lipinski definition) is 2. The van der Waals surface area contributed by atoms with Gasteiger partial charge in [0.15, 0.2) is 5.96 Å². The third kappa shape index (κ3) is 5.33. The number of rotatable bonds is 7. The van der Waals surface area contributed by atoms with Gasteiger partial charge in [-0.2, -0.15) is 0 Å². The summed E-state index contributed by atoms with van der Waals surface area (Å²) in [7, 11) is -0.864. The van der Waals surface area contributed by atoms with Crippen LogP contribution >= 0.6 is 0 Å². The second-order valence-electron chi connectivity index (χ2n) is 5.22. The number of aliphatic imine (C=N–C) groups is 1. The van der Waals surface area contributed by atoms with Crippen LogP contribution in [0.4, 0.5) is 0 Å². The standard InChI is InChI=1S/C15H23N3OS/c16-15(18-11-13-7-4-8-13)17-9-10-20(19)12-14-5-2-1-3-6-14/h1-3,5-6,13H,4,7-12H2,(H3,16,17,18). The van der Waals surface area contributed by atoms with Crippen molar-refractivity contribution in [2.24, 2.45) is 16.6 Å². The van der Waals surface area contributed by atoms with Gasteiger partial charge in [-0.25, -0.2) is 0 Å². The number of nitrogens with two attached hydrogens (primary N) is 1. The van der Waals surface area contributed by atoms with Crippen LogP contribution in [0, 0.1) is 5.92 Å². The van der Waals surface area contributed by atoms with Gasteiger partial charge in [0.25, 0.3) is 0 Å². The van der Waals surface area contributed by atoms with E-state index in [-0.39, 0.29) is 0 Å². The summed E-state index contributed by atoms with van der Waals surface area (Å²) in [5, 5.41) is 3.04. The quantitative estimate of drug-likeness (QED) is 0.593. The minimum Gasteiger partial charge on any atom is -0.370 e. The molecule has 2 rings (SSSR count). The minimum absolute atomic E-state index is 0.480. The fraction of sp³-hybridized carbons (Fsp3) is 0.533. The maximum absolute atomic E-state index is 11.9. The lowest BCUT2D eigenvalue weighted by atomic mass is 9.86. The molecule has 3 N–H and O–H groups in total. The molecule has 0 amide bonds. The van der Waals surface area contributed by atoms with E-state index in [0.29, 0.717) is 24.0 Å². The van der Waals surface area contributed by atoms with E-state index in [1.165, 1.54) is 19.3 Å². The van der Waals surface area contributed by atoms with Crippen molar-refractivity contribution in [3.8, 4) is 0 Å². The predicted octanol–water partition coefficient (Wildman–Crippen LogP) is 1.64. The molecule has 20 heavy (non-hydrogen) atoms. The average Bonchev–Trinajstić information content (AvgIpc) is 2.38. The molecule has 1 aliphatic rings. The Morgan fingerprint density at radius 1 is 1.35 bits per heavy atom. The van der Waals surface area contributed by atoms with Crippen molar-refractivity contribution >= 4 is 16.8 Å². The third-order valence-corrected chi connectivity index (χ3v) is 4.87. The van der Waals surface area contributed by atoms with Crippen LogP contribution in [0.25, 0.3) is 0 Å². The second kappa shape index (κ2) is 8.04. The highest BCUT2D eigenvalue weighted by atomic mass is 32.2. The molecule has 4 nitrogen and oxygen atoms in total. The van der Waals surface area contributed by atoms with E-state index in [4.69, 9.17) is 5.73 Å². The van der Waals surface area contributed by atoms with E-state index in [0.717, 1.165) is 18.0 Å². The van der Waals surface area contributed by atoms with Crippen LogP contribution < -0.4 is 11.1 Å². The Balaban J connectivity index is 1.61. The first-order chi connectivity index (χ1) is 9.74. The molecule has 1 unspecified atom stereocenters. The molecular formula is C15H23N3OS. The minimum atomic E-state index is -0.864. The van der Waals surface area contributed by atoms with Gasteiger partial charge in [-0.3, -0.25) is 9.20 Å². The summed E-state index contributed by atoms with van der Waals surface area (Å²) in [5.41, 5.74) is 6.89. The zero-order valence-electron chi connectivity index (χ0n) is 11.8. The second-order valence-corrected chi connectivity index (χ2v) is 6.80. The van der Waals surface area contributed by atoms with Crippen molar-refractivity contribution in [2.45, 2.75) is 25.0 Å². The molecule has 0 spiro atoms. The first-order valence-corrected chi connectivity index (χ1v) is 8.65. The highest BCUT2D eigenvalue weighted by Crippen LogP contribution is 2.26. The smallest absolute Gasteiger partial charge is 0.188 e. The maximum Gasteiger partial charge on any atom is 0.188 e. The third-order valence-electron chi connectivity index (χ3n) is 3.55. The van der Waals surface area contributed by atoms with E-state index < -0.39 is 10.8 Å². The molecule has 0 radical (unpaired) electrons. The largest absolute Gasteiger partial charge is 0.370 e. The van der Waals surface area contributed by atoms with Crippen LogP contribution in [-0.2, 0) is 16.6 Å². The monoisotopic (exact) mass is 293 g/mol. The molecule has 1 aromatic rings. The van der Waals surface area contributed by atoms with Gasteiger partial charge in [-0.1, -0.05) is 36.8 Å². The summed E-state index contributed by atoms with van der Waals surface area (Å²) in [4.78, 5) is 4.31. The molecule has 1 saturated carbocycles. The fourth-order valence-electron chi connectivity index (χ4n) is 2.08. The number of nitrogens with one attached hydrogen (secondary N) is 1. The number of hydrogen-bond acceptors (Lipinski definition) is 2. The Bertz CT molecular complexity index is 457. The maximum atomic E-state index is 11.9. The summed E-state index contributed by atoms with van der Waals surface area (Å²) >= 11 is 0. The van der Waals surface area contributed by atoms with Gasteiger partial charge in [0.1, 0.15) is 0 Å². The summed E-state index contributed by atoms with van der Waals surface area (Å²) in [6, 6.07) is 9.90. The summed E-state index contributed by atoms with van der Waals surface area (Å²) in [5.74, 6) is 2.40. The van der Waals surface area contributed by atoms with Gasteiger partial charge < -0.3 is 11.1 Å². The Morgan fingerprint density at radius 3 is 2.75 bits per heavy atom. The van der Waals surface area contributed by atoms with Crippen molar-refractivity contribution in [3.05, 3.63) is 35.9 Å². The van der Waals surface area contributed by atoms with Crippen LogP contribution in [0.3, 0.4) is 0 Å². The Morgan fingerprint density at radius 2 is 2.10 bits per heavy atom. The lowest BCUT2D eigenvalue weighted by Gasteiger charge is -2.23. The van der Waals surface area contributed by atoms with Crippen molar-refractivity contribution in [2.75, 3.05) is 18.8 Å². The Kier molecular flexibility index (Phi) is 6.05.